The molecule has 1 fully saturated rings. The number of nitrogens with zero attached hydrogens (tertiary/aromatic N) is 3. The van der Waals surface area contributed by atoms with Crippen molar-refractivity contribution in [1.29, 1.82) is 0 Å². The summed E-state index contributed by atoms with van der Waals surface area (Å²) in [7, 11) is 1.69. The van der Waals surface area contributed by atoms with Gasteiger partial charge in [0, 0.05) is 38.1 Å². The van der Waals surface area contributed by atoms with E-state index < -0.39 is 0 Å². The Morgan fingerprint density at radius 2 is 1.93 bits per heavy atom. The maximum Gasteiger partial charge on any atom is 0.161 e. The molecule has 1 aromatic heterocycles. The zero-order chi connectivity index (χ0) is 19.8. The lowest BCUT2D eigenvalue weighted by molar-refractivity contribution is 0.0917. The first-order valence-corrected chi connectivity index (χ1v) is 10.4. The summed E-state index contributed by atoms with van der Waals surface area (Å²) < 4.78 is 11.2. The lowest BCUT2D eigenvalue weighted by atomic mass is 10.0. The van der Waals surface area contributed by atoms with Crippen molar-refractivity contribution in [2.24, 2.45) is 0 Å². The van der Waals surface area contributed by atoms with E-state index in [1.54, 1.807) is 7.11 Å². The Labute approximate surface area is 169 Å². The maximum absolute atomic E-state index is 5.74. The summed E-state index contributed by atoms with van der Waals surface area (Å²) in [5.74, 6) is 1.64. The Hall–Kier alpha value is -2.11. The van der Waals surface area contributed by atoms with Crippen LogP contribution in [0.2, 0.25) is 0 Å². The molecule has 0 unspecified atom stereocenters. The SMILES string of the molecule is CCOc1cc(CN2CCC[C@@H](N(CC)Cc3ccncc3)C2)ccc1OC. The first-order chi connectivity index (χ1) is 13.7. The Balaban J connectivity index is 1.63. The molecule has 5 nitrogen and oxygen atoms in total. The maximum atomic E-state index is 5.74. The summed E-state index contributed by atoms with van der Waals surface area (Å²) in [6.45, 7) is 10.2. The number of hydrogen-bond donors (Lipinski definition) is 0. The Morgan fingerprint density at radius 1 is 1.11 bits per heavy atom. The molecular weight excluding hydrogens is 350 g/mol. The quantitative estimate of drug-likeness (QED) is 0.655. The van der Waals surface area contributed by atoms with Gasteiger partial charge in [-0.15, -0.1) is 0 Å². The van der Waals surface area contributed by atoms with Gasteiger partial charge in [-0.05, 0) is 68.2 Å². The molecule has 0 aliphatic carbocycles. The number of hydrogen-bond acceptors (Lipinski definition) is 5. The Bertz CT molecular complexity index is 723. The van der Waals surface area contributed by atoms with E-state index in [2.05, 4.69) is 46.0 Å². The van der Waals surface area contributed by atoms with E-state index in [0.29, 0.717) is 12.6 Å². The minimum atomic E-state index is 0.594. The summed E-state index contributed by atoms with van der Waals surface area (Å²) in [6.07, 6.45) is 6.28. The summed E-state index contributed by atoms with van der Waals surface area (Å²) in [5.41, 5.74) is 2.62. The van der Waals surface area contributed by atoms with E-state index in [-0.39, 0.29) is 0 Å². The fraction of sp³-hybridized carbons (Fsp3) is 0.522. The van der Waals surface area contributed by atoms with E-state index in [9.17, 15) is 0 Å². The number of methoxy groups -OCH3 is 1. The lowest BCUT2D eigenvalue weighted by Gasteiger charge is -2.39. The van der Waals surface area contributed by atoms with Gasteiger partial charge in [-0.3, -0.25) is 14.8 Å². The van der Waals surface area contributed by atoms with Crippen LogP contribution in [0.4, 0.5) is 0 Å². The second-order valence-corrected chi connectivity index (χ2v) is 7.37. The number of ether oxygens (including phenoxy) is 2. The van der Waals surface area contributed by atoms with E-state index >= 15 is 0 Å². The van der Waals surface area contributed by atoms with Gasteiger partial charge in [0.25, 0.3) is 0 Å². The van der Waals surface area contributed by atoms with Gasteiger partial charge in [0.2, 0.25) is 0 Å². The summed E-state index contributed by atoms with van der Waals surface area (Å²) in [5, 5.41) is 0. The van der Waals surface area contributed by atoms with Crippen molar-refractivity contribution in [3.05, 3.63) is 53.9 Å². The predicted molar refractivity (Wildman–Crippen MR) is 113 cm³/mol. The average molecular weight is 384 g/mol. The molecule has 0 saturated carbocycles. The van der Waals surface area contributed by atoms with Gasteiger partial charge < -0.3 is 9.47 Å². The summed E-state index contributed by atoms with van der Waals surface area (Å²) >= 11 is 0. The van der Waals surface area contributed by atoms with E-state index in [4.69, 9.17) is 9.47 Å². The summed E-state index contributed by atoms with van der Waals surface area (Å²) in [6, 6.07) is 11.1. The summed E-state index contributed by atoms with van der Waals surface area (Å²) in [4.78, 5) is 9.31. The van der Waals surface area contributed by atoms with Crippen LogP contribution >= 0.6 is 0 Å². The smallest absolute Gasteiger partial charge is 0.161 e. The van der Waals surface area contributed by atoms with E-state index in [1.165, 1.54) is 24.0 Å². The molecule has 0 bridgehead atoms. The van der Waals surface area contributed by atoms with Crippen LogP contribution in [0.25, 0.3) is 0 Å². The highest BCUT2D eigenvalue weighted by Gasteiger charge is 2.25. The monoisotopic (exact) mass is 383 g/mol. The van der Waals surface area contributed by atoms with Crippen molar-refractivity contribution in [2.75, 3.05) is 33.4 Å². The molecule has 3 rings (SSSR count). The molecule has 28 heavy (non-hydrogen) atoms. The number of aromatic nitrogens is 1. The molecule has 0 radical (unpaired) electrons. The van der Waals surface area contributed by atoms with E-state index in [0.717, 1.165) is 44.2 Å². The van der Waals surface area contributed by atoms with Crippen molar-refractivity contribution in [1.82, 2.24) is 14.8 Å². The van der Waals surface area contributed by atoms with Crippen LogP contribution < -0.4 is 9.47 Å². The second kappa shape index (κ2) is 10.4. The molecule has 1 aliphatic heterocycles. The number of piperidine rings is 1. The third-order valence-corrected chi connectivity index (χ3v) is 5.47. The van der Waals surface area contributed by atoms with Crippen molar-refractivity contribution in [3.8, 4) is 11.5 Å². The van der Waals surface area contributed by atoms with Crippen LogP contribution in [0, 0.1) is 0 Å². The number of pyridine rings is 1. The molecule has 2 aromatic rings. The van der Waals surface area contributed by atoms with E-state index in [1.807, 2.05) is 25.4 Å². The fourth-order valence-electron chi connectivity index (χ4n) is 4.04. The van der Waals surface area contributed by atoms with Gasteiger partial charge in [0.15, 0.2) is 11.5 Å². The van der Waals surface area contributed by atoms with Gasteiger partial charge in [0.1, 0.15) is 0 Å². The van der Waals surface area contributed by atoms with Crippen LogP contribution in [0.15, 0.2) is 42.7 Å². The normalized spacial score (nSPS) is 17.6. The Kier molecular flexibility index (Phi) is 7.69. The molecule has 1 atom stereocenters. The molecular formula is C23H33N3O2. The van der Waals surface area contributed by atoms with Gasteiger partial charge in [-0.1, -0.05) is 13.0 Å². The Morgan fingerprint density at radius 3 is 2.64 bits per heavy atom. The number of likely N-dealkylation sites (N-methyl/N-ethyl adjacent to an activating group) is 1. The van der Waals surface area contributed by atoms with Gasteiger partial charge in [-0.25, -0.2) is 0 Å². The zero-order valence-corrected chi connectivity index (χ0v) is 17.4. The number of rotatable bonds is 9. The molecule has 1 saturated heterocycles. The molecule has 0 spiro atoms. The molecule has 0 amide bonds. The minimum Gasteiger partial charge on any atom is -0.493 e. The highest BCUT2D eigenvalue weighted by Crippen LogP contribution is 2.29. The zero-order valence-electron chi connectivity index (χ0n) is 17.4. The molecule has 0 N–H and O–H groups in total. The molecule has 1 aromatic carbocycles. The van der Waals surface area contributed by atoms with Crippen LogP contribution in [-0.4, -0.2) is 54.2 Å². The third-order valence-electron chi connectivity index (χ3n) is 5.47. The topological polar surface area (TPSA) is 37.8 Å². The second-order valence-electron chi connectivity index (χ2n) is 7.37. The molecule has 152 valence electrons. The lowest BCUT2D eigenvalue weighted by Crippen LogP contribution is -2.47. The van der Waals surface area contributed by atoms with Crippen molar-refractivity contribution >= 4 is 0 Å². The molecule has 1 aliphatic rings. The first kappa shape index (κ1) is 20.6. The largest absolute Gasteiger partial charge is 0.493 e. The van der Waals surface area contributed by atoms with Crippen molar-refractivity contribution < 1.29 is 9.47 Å². The van der Waals surface area contributed by atoms with Crippen LogP contribution in [-0.2, 0) is 13.1 Å². The standard InChI is InChI=1S/C23H33N3O2/c1-4-26(17-19-10-12-24-13-11-19)21-7-6-14-25(18-21)16-20-8-9-22(27-3)23(15-20)28-5-2/h8-13,15,21H,4-7,14,16-18H2,1-3H3/t21-/m1/s1. The van der Waals surface area contributed by atoms with Crippen LogP contribution in [0.1, 0.15) is 37.8 Å². The van der Waals surface area contributed by atoms with Gasteiger partial charge in [0.05, 0.1) is 13.7 Å². The minimum absolute atomic E-state index is 0.594. The first-order valence-electron chi connectivity index (χ1n) is 10.4. The fourth-order valence-corrected chi connectivity index (χ4v) is 4.04. The highest BCUT2D eigenvalue weighted by atomic mass is 16.5. The van der Waals surface area contributed by atoms with Gasteiger partial charge in [-0.2, -0.15) is 0 Å². The number of benzene rings is 1. The highest BCUT2D eigenvalue weighted by molar-refractivity contribution is 5.43. The molecule has 5 heteroatoms. The average Bonchev–Trinajstić information content (AvgIpc) is 2.73. The van der Waals surface area contributed by atoms with Crippen LogP contribution in [0.5, 0.6) is 11.5 Å². The third kappa shape index (κ3) is 5.46. The number of likely N-dealkylation sites (tertiary alicyclic amines) is 1. The van der Waals surface area contributed by atoms with Crippen molar-refractivity contribution in [3.63, 3.8) is 0 Å². The predicted octanol–water partition coefficient (Wildman–Crippen LogP) is 3.98. The van der Waals surface area contributed by atoms with Gasteiger partial charge >= 0.3 is 0 Å². The van der Waals surface area contributed by atoms with Crippen molar-refractivity contribution in [2.45, 2.75) is 45.8 Å². The molecule has 2 heterocycles. The van der Waals surface area contributed by atoms with Crippen LogP contribution in [0.3, 0.4) is 0 Å².